The zero-order valence-electron chi connectivity index (χ0n) is 13.1. The van der Waals surface area contributed by atoms with Crippen molar-refractivity contribution in [2.45, 2.75) is 46.8 Å². The second kappa shape index (κ2) is 10.2. The van der Waals surface area contributed by atoms with Crippen molar-refractivity contribution in [2.24, 2.45) is 0 Å². The fourth-order valence-corrected chi connectivity index (χ4v) is 2.05. The van der Waals surface area contributed by atoms with Crippen molar-refractivity contribution in [3.05, 3.63) is 0 Å². The predicted octanol–water partition coefficient (Wildman–Crippen LogP) is 0.536. The molecule has 0 bridgehead atoms. The Hall–Kier alpha value is -0.650. The summed E-state index contributed by atoms with van der Waals surface area (Å²) in [5.74, 6) is 0.0973. The Balaban J connectivity index is 4.07. The summed E-state index contributed by atoms with van der Waals surface area (Å²) in [7, 11) is 0. The summed E-state index contributed by atoms with van der Waals surface area (Å²) in [6, 6.07) is -0.244. The lowest BCUT2D eigenvalue weighted by Crippen LogP contribution is -2.48. The maximum atomic E-state index is 12.0. The molecule has 19 heavy (non-hydrogen) atoms. The average Bonchev–Trinajstić information content (AvgIpc) is 2.43. The molecule has 2 atom stereocenters. The molecule has 5 heteroatoms. The largest absolute Gasteiger partial charge is 0.390 e. The Morgan fingerprint density at radius 2 is 1.63 bits per heavy atom. The molecular weight excluding hydrogens is 242 g/mol. The summed E-state index contributed by atoms with van der Waals surface area (Å²) in [6.07, 6.45) is -0.438. The van der Waals surface area contributed by atoms with Crippen LogP contribution in [0, 0.1) is 0 Å². The molecule has 2 unspecified atom stereocenters. The number of hydrogen-bond acceptors (Lipinski definition) is 4. The predicted molar refractivity (Wildman–Crippen MR) is 79.2 cm³/mol. The van der Waals surface area contributed by atoms with Crippen LogP contribution in [0.3, 0.4) is 0 Å². The van der Waals surface area contributed by atoms with Crippen molar-refractivity contribution < 1.29 is 9.90 Å². The van der Waals surface area contributed by atoms with Gasteiger partial charge in [0.05, 0.1) is 12.1 Å². The second-order valence-electron chi connectivity index (χ2n) is 4.78. The highest BCUT2D eigenvalue weighted by atomic mass is 16.3. The summed E-state index contributed by atoms with van der Waals surface area (Å²) in [4.78, 5) is 16.0. The molecule has 0 aliphatic carbocycles. The Kier molecular flexibility index (Phi) is 9.83. The number of rotatable bonds is 10. The van der Waals surface area contributed by atoms with E-state index in [4.69, 9.17) is 0 Å². The number of aliphatic hydroxyl groups is 1. The topological polar surface area (TPSA) is 55.8 Å². The van der Waals surface area contributed by atoms with E-state index < -0.39 is 6.10 Å². The van der Waals surface area contributed by atoms with Gasteiger partial charge in [0, 0.05) is 26.2 Å². The van der Waals surface area contributed by atoms with Crippen molar-refractivity contribution >= 4 is 5.91 Å². The van der Waals surface area contributed by atoms with Gasteiger partial charge in [-0.1, -0.05) is 13.8 Å². The third-order valence-electron chi connectivity index (χ3n) is 3.47. The molecule has 0 aromatic carbocycles. The van der Waals surface area contributed by atoms with Crippen LogP contribution in [0.15, 0.2) is 0 Å². The SMILES string of the molecule is CCN(CC)CC(O)CNC(C)C(=O)N(CC)CC. The molecule has 0 spiro atoms. The van der Waals surface area contributed by atoms with Crippen molar-refractivity contribution in [2.75, 3.05) is 39.3 Å². The van der Waals surface area contributed by atoms with Gasteiger partial charge in [-0.05, 0) is 33.9 Å². The molecule has 0 saturated carbocycles. The molecule has 114 valence electrons. The minimum Gasteiger partial charge on any atom is -0.390 e. The van der Waals surface area contributed by atoms with Crippen LogP contribution in [-0.4, -0.2) is 72.2 Å². The lowest BCUT2D eigenvalue weighted by molar-refractivity contribution is -0.132. The van der Waals surface area contributed by atoms with Gasteiger partial charge in [-0.25, -0.2) is 0 Å². The van der Waals surface area contributed by atoms with Crippen LogP contribution in [-0.2, 0) is 4.79 Å². The van der Waals surface area contributed by atoms with Crippen LogP contribution >= 0.6 is 0 Å². The molecule has 0 aliphatic heterocycles. The molecule has 0 aromatic rings. The van der Waals surface area contributed by atoms with Crippen LogP contribution in [0.2, 0.25) is 0 Å². The van der Waals surface area contributed by atoms with E-state index in [9.17, 15) is 9.90 Å². The Bertz CT molecular complexity index is 241. The van der Waals surface area contributed by atoms with E-state index in [1.165, 1.54) is 0 Å². The standard InChI is InChI=1S/C14H31N3O2/c1-6-16(7-2)11-13(18)10-15-12(5)14(19)17(8-3)9-4/h12-13,15,18H,6-11H2,1-5H3. The quantitative estimate of drug-likeness (QED) is 0.610. The van der Waals surface area contributed by atoms with E-state index >= 15 is 0 Å². The first-order chi connectivity index (χ1) is 8.99. The van der Waals surface area contributed by atoms with Crippen molar-refractivity contribution in [1.29, 1.82) is 0 Å². The summed E-state index contributed by atoms with van der Waals surface area (Å²) >= 11 is 0. The van der Waals surface area contributed by atoms with Gasteiger partial charge in [-0.15, -0.1) is 0 Å². The third-order valence-corrected chi connectivity index (χ3v) is 3.47. The van der Waals surface area contributed by atoms with Gasteiger partial charge < -0.3 is 20.2 Å². The summed E-state index contributed by atoms with van der Waals surface area (Å²) in [6.45, 7) is 14.4. The summed E-state index contributed by atoms with van der Waals surface area (Å²) in [5, 5.41) is 13.1. The number of likely N-dealkylation sites (N-methyl/N-ethyl adjacent to an activating group) is 2. The monoisotopic (exact) mass is 273 g/mol. The van der Waals surface area contributed by atoms with Gasteiger partial charge in [0.15, 0.2) is 0 Å². The number of aliphatic hydroxyl groups excluding tert-OH is 1. The van der Waals surface area contributed by atoms with E-state index in [-0.39, 0.29) is 11.9 Å². The van der Waals surface area contributed by atoms with E-state index in [0.29, 0.717) is 13.1 Å². The van der Waals surface area contributed by atoms with Crippen LogP contribution < -0.4 is 5.32 Å². The van der Waals surface area contributed by atoms with E-state index in [2.05, 4.69) is 24.1 Å². The lowest BCUT2D eigenvalue weighted by atomic mass is 10.2. The molecule has 0 saturated heterocycles. The minimum absolute atomic E-state index is 0.0973. The van der Waals surface area contributed by atoms with Gasteiger partial charge >= 0.3 is 0 Å². The maximum absolute atomic E-state index is 12.0. The van der Waals surface area contributed by atoms with Gasteiger partial charge in [-0.3, -0.25) is 4.79 Å². The van der Waals surface area contributed by atoms with Crippen LogP contribution in [0.4, 0.5) is 0 Å². The molecular formula is C14H31N3O2. The summed E-state index contributed by atoms with van der Waals surface area (Å²) in [5.41, 5.74) is 0. The third kappa shape index (κ3) is 6.89. The first-order valence-corrected chi connectivity index (χ1v) is 7.42. The van der Waals surface area contributed by atoms with Gasteiger partial charge in [0.25, 0.3) is 0 Å². The Labute approximate surface area is 118 Å². The fraction of sp³-hybridized carbons (Fsp3) is 0.929. The highest BCUT2D eigenvalue weighted by Crippen LogP contribution is 1.96. The Morgan fingerprint density at radius 1 is 1.11 bits per heavy atom. The van der Waals surface area contributed by atoms with Crippen LogP contribution in [0.25, 0.3) is 0 Å². The van der Waals surface area contributed by atoms with E-state index in [1.807, 2.05) is 20.8 Å². The van der Waals surface area contributed by atoms with Gasteiger partial charge in [-0.2, -0.15) is 0 Å². The molecule has 5 nitrogen and oxygen atoms in total. The molecule has 0 radical (unpaired) electrons. The maximum Gasteiger partial charge on any atom is 0.239 e. The number of hydrogen-bond donors (Lipinski definition) is 2. The molecule has 1 amide bonds. The van der Waals surface area contributed by atoms with Crippen LogP contribution in [0.1, 0.15) is 34.6 Å². The number of amides is 1. The number of carbonyl (C=O) groups excluding carboxylic acids is 1. The highest BCUT2D eigenvalue weighted by Gasteiger charge is 2.18. The molecule has 2 N–H and O–H groups in total. The smallest absolute Gasteiger partial charge is 0.239 e. The van der Waals surface area contributed by atoms with Gasteiger partial charge in [0.2, 0.25) is 5.91 Å². The number of nitrogens with zero attached hydrogens (tertiary/aromatic N) is 2. The molecule has 0 rings (SSSR count). The molecule has 0 aliphatic rings. The van der Waals surface area contributed by atoms with E-state index in [1.54, 1.807) is 4.90 Å². The zero-order chi connectivity index (χ0) is 14.8. The zero-order valence-corrected chi connectivity index (χ0v) is 13.1. The van der Waals surface area contributed by atoms with Crippen molar-refractivity contribution in [3.63, 3.8) is 0 Å². The first kappa shape index (κ1) is 18.4. The molecule has 0 fully saturated rings. The molecule has 0 aromatic heterocycles. The van der Waals surface area contributed by atoms with Crippen molar-refractivity contribution in [1.82, 2.24) is 15.1 Å². The van der Waals surface area contributed by atoms with E-state index in [0.717, 1.165) is 26.2 Å². The fourth-order valence-electron chi connectivity index (χ4n) is 2.05. The van der Waals surface area contributed by atoms with Crippen LogP contribution in [0.5, 0.6) is 0 Å². The lowest BCUT2D eigenvalue weighted by Gasteiger charge is -2.26. The highest BCUT2D eigenvalue weighted by molar-refractivity contribution is 5.81. The molecule has 0 heterocycles. The summed E-state index contributed by atoms with van der Waals surface area (Å²) < 4.78 is 0. The first-order valence-electron chi connectivity index (χ1n) is 7.42. The normalized spacial score (nSPS) is 14.5. The van der Waals surface area contributed by atoms with Crippen molar-refractivity contribution in [3.8, 4) is 0 Å². The number of nitrogens with one attached hydrogen (secondary N) is 1. The Morgan fingerprint density at radius 3 is 2.05 bits per heavy atom. The minimum atomic E-state index is -0.438. The number of carbonyl (C=O) groups is 1. The van der Waals surface area contributed by atoms with Gasteiger partial charge in [0.1, 0.15) is 0 Å². The second-order valence-corrected chi connectivity index (χ2v) is 4.78. The average molecular weight is 273 g/mol.